The Hall–Kier alpha value is -0.930. The van der Waals surface area contributed by atoms with Crippen molar-refractivity contribution in [2.75, 3.05) is 0 Å². The topological polar surface area (TPSA) is 40.9 Å². The largest absolute Gasteiger partial charge is 4.00 e. The number of hydrogen-bond donors (Lipinski definition) is 0. The molecule has 0 aromatic heterocycles. The van der Waals surface area contributed by atoms with Gasteiger partial charge in [0.15, 0.2) is 0 Å². The summed E-state index contributed by atoms with van der Waals surface area (Å²) in [6, 6.07) is 21.3. The van der Waals surface area contributed by atoms with Crippen LogP contribution in [-0.2, 0) is 31.0 Å². The number of halogens is 2. The third kappa shape index (κ3) is 16.4. The first-order chi connectivity index (χ1) is 14.3. The van der Waals surface area contributed by atoms with E-state index in [-0.39, 0.29) is 60.5 Å². The van der Waals surface area contributed by atoms with Gasteiger partial charge >= 0.3 is 26.2 Å². The Morgan fingerprint density at radius 2 is 1.36 bits per heavy atom. The first-order valence-corrected chi connectivity index (χ1v) is 12.0. The van der Waals surface area contributed by atoms with Crippen molar-refractivity contribution in [3.63, 3.8) is 0 Å². The minimum absolute atomic E-state index is 0. The van der Waals surface area contributed by atoms with E-state index in [0.717, 1.165) is 19.3 Å². The van der Waals surface area contributed by atoms with Crippen LogP contribution in [0.1, 0.15) is 60.3 Å². The molecule has 1 unspecified atom stereocenters. The summed E-state index contributed by atoms with van der Waals surface area (Å²) in [6.45, 7) is 10.7. The average molecular weight is 581 g/mol. The molecule has 1 amide bonds. The maximum atomic E-state index is 9.99. The first kappa shape index (κ1) is 36.6. The number of carbonyl (C=O) groups is 1. The summed E-state index contributed by atoms with van der Waals surface area (Å²) in [5.41, 5.74) is 10.8. The monoisotopic (exact) mass is 578 g/mol. The van der Waals surface area contributed by atoms with Crippen LogP contribution in [0.3, 0.4) is 0 Å². The summed E-state index contributed by atoms with van der Waals surface area (Å²) in [7, 11) is 0.271. The fraction of sp³-hybridized carbons (Fsp3) is 0.370. The Balaban J connectivity index is -0.000000406. The zero-order valence-corrected chi connectivity index (χ0v) is 25.5. The van der Waals surface area contributed by atoms with Crippen LogP contribution in [0.4, 0.5) is 0 Å². The summed E-state index contributed by atoms with van der Waals surface area (Å²) in [5, 5.41) is 2.90. The van der Waals surface area contributed by atoms with Crippen LogP contribution in [-0.4, -0.2) is 15.4 Å². The van der Waals surface area contributed by atoms with Gasteiger partial charge in [0, 0.05) is 5.91 Å². The molecule has 2 aromatic rings. The van der Waals surface area contributed by atoms with E-state index in [9.17, 15) is 4.79 Å². The van der Waals surface area contributed by atoms with Gasteiger partial charge in [-0.25, -0.2) is 5.57 Å². The quantitative estimate of drug-likeness (QED) is 0.269. The molecule has 6 heteroatoms. The van der Waals surface area contributed by atoms with Crippen LogP contribution in [0.2, 0.25) is 0 Å². The van der Waals surface area contributed by atoms with Gasteiger partial charge in [0.25, 0.3) is 0 Å². The maximum absolute atomic E-state index is 9.99. The summed E-state index contributed by atoms with van der Waals surface area (Å²) in [6.07, 6.45) is 6.88. The maximum Gasteiger partial charge on any atom is 4.00 e. The Morgan fingerprint density at radius 1 is 0.909 bits per heavy atom. The molecular weight excluding hydrogens is 545 g/mol. The number of benzene rings is 2. The molecule has 0 fully saturated rings. The molecule has 0 heterocycles. The van der Waals surface area contributed by atoms with Gasteiger partial charge in [-0.3, -0.25) is 6.08 Å². The van der Waals surface area contributed by atoms with Crippen LogP contribution >= 0.6 is 0 Å². The first-order valence-electron chi connectivity index (χ1n) is 10.8. The van der Waals surface area contributed by atoms with Gasteiger partial charge in [0.1, 0.15) is 9.52 Å². The molecule has 177 valence electrons. The van der Waals surface area contributed by atoms with Gasteiger partial charge < -0.3 is 35.3 Å². The van der Waals surface area contributed by atoms with E-state index in [1.807, 2.05) is 0 Å². The standard InChI is InChI=1S/C12H11Si.C9H13.C6H13NO.2ClH.Zr/c1-3-7-11(8-4-1)13-12-9-5-2-6-10-12;1-6-5-7(2)9(4)8(6)3;1-2-3-4-5-6(7)8;;;/h1-10,13H;6H,1-4H3;2-5H2,1H3,(H2,7,8);2*1H;/q;-1;;;;+4/p-3. The number of allylic oxidation sites excluding steroid dienone is 4. The third-order valence-electron chi connectivity index (χ3n) is 5.18. The van der Waals surface area contributed by atoms with E-state index in [2.05, 4.69) is 101 Å². The third-order valence-corrected chi connectivity index (χ3v) is 6.61. The number of unbranched alkanes of at least 4 members (excludes halogenated alkanes) is 2. The number of nitrogens with one attached hydrogen (secondary N) is 1. The minimum Gasteiger partial charge on any atom is -1.00 e. The molecule has 2 aromatic carbocycles. The predicted octanol–water partition coefficient (Wildman–Crippen LogP) is -0.0531. The Labute approximate surface area is 235 Å². The van der Waals surface area contributed by atoms with Crippen molar-refractivity contribution in [1.82, 2.24) is 0 Å². The molecule has 1 aliphatic rings. The Kier molecular flexibility index (Phi) is 24.0. The van der Waals surface area contributed by atoms with E-state index in [4.69, 9.17) is 5.73 Å². The molecule has 1 atom stereocenters. The van der Waals surface area contributed by atoms with Gasteiger partial charge in [-0.05, 0) is 12.8 Å². The molecule has 1 N–H and O–H groups in total. The molecule has 1 aliphatic carbocycles. The van der Waals surface area contributed by atoms with Gasteiger partial charge in [-0.1, -0.05) is 117 Å². The van der Waals surface area contributed by atoms with Crippen molar-refractivity contribution in [3.8, 4) is 0 Å². The van der Waals surface area contributed by atoms with E-state index in [1.54, 1.807) is 0 Å². The molecule has 0 spiro atoms. The van der Waals surface area contributed by atoms with Crippen LogP contribution in [0.15, 0.2) is 77.4 Å². The van der Waals surface area contributed by atoms with Crippen molar-refractivity contribution in [2.45, 2.75) is 60.3 Å². The Bertz CT molecular complexity index is 789. The van der Waals surface area contributed by atoms with Gasteiger partial charge in [0.2, 0.25) is 0 Å². The summed E-state index contributed by atoms with van der Waals surface area (Å²) in [5.74, 6) is 0.128. The second kappa shape index (κ2) is 21.6. The van der Waals surface area contributed by atoms with E-state index in [0.29, 0.717) is 12.3 Å². The molecule has 0 saturated carbocycles. The van der Waals surface area contributed by atoms with Crippen LogP contribution in [0, 0.1) is 12.0 Å². The Morgan fingerprint density at radius 3 is 1.64 bits per heavy atom. The second-order valence-corrected chi connectivity index (χ2v) is 9.27. The van der Waals surface area contributed by atoms with Crippen molar-refractivity contribution < 1.29 is 55.8 Å². The molecule has 0 aliphatic heterocycles. The van der Waals surface area contributed by atoms with Crippen LogP contribution in [0.25, 0.3) is 5.73 Å². The molecule has 2 nitrogen and oxygen atoms in total. The normalized spacial score (nSPS) is 13.5. The zero-order valence-electron chi connectivity index (χ0n) is 20.4. The zero-order chi connectivity index (χ0) is 22.4. The van der Waals surface area contributed by atoms with E-state index < -0.39 is 5.91 Å². The van der Waals surface area contributed by atoms with Crippen molar-refractivity contribution in [1.29, 1.82) is 0 Å². The number of carbonyl (C=O) groups excluding carboxylic acids is 1. The van der Waals surface area contributed by atoms with Gasteiger partial charge in [-0.15, -0.1) is 6.92 Å². The smallest absolute Gasteiger partial charge is 1.00 e. The molecule has 0 saturated heterocycles. The number of rotatable bonds is 6. The summed E-state index contributed by atoms with van der Waals surface area (Å²) >= 11 is 0. The van der Waals surface area contributed by atoms with Crippen molar-refractivity contribution in [3.05, 3.63) is 89.2 Å². The van der Waals surface area contributed by atoms with Crippen molar-refractivity contribution in [2.24, 2.45) is 5.92 Å². The molecule has 3 rings (SSSR count). The average Bonchev–Trinajstić information content (AvgIpc) is 2.96. The SMILES string of the molecule is CC1=[C-]C(C)C(C)=C1C.CCCCCC([NH-])=O.[Cl-].[Cl-].[Zr+4].c1ccc([SiH]c2ccccc2)cc1. The van der Waals surface area contributed by atoms with Crippen LogP contribution in [0.5, 0.6) is 0 Å². The number of amides is 1. The molecular formula is C27H36Cl2NOSiZr. The van der Waals surface area contributed by atoms with E-state index >= 15 is 0 Å². The summed E-state index contributed by atoms with van der Waals surface area (Å²) < 4.78 is 0. The summed E-state index contributed by atoms with van der Waals surface area (Å²) in [4.78, 5) is 9.99. The van der Waals surface area contributed by atoms with E-state index in [1.165, 1.54) is 27.1 Å². The minimum atomic E-state index is -0.432. The fourth-order valence-corrected chi connectivity index (χ4v) is 4.20. The predicted molar refractivity (Wildman–Crippen MR) is 133 cm³/mol. The van der Waals surface area contributed by atoms with Crippen LogP contribution < -0.4 is 35.2 Å². The second-order valence-electron chi connectivity index (χ2n) is 7.65. The molecule has 0 bridgehead atoms. The van der Waals surface area contributed by atoms with Gasteiger partial charge in [0.05, 0.1) is 0 Å². The number of hydrogen-bond acceptors (Lipinski definition) is 1. The molecule has 33 heavy (non-hydrogen) atoms. The van der Waals surface area contributed by atoms with Crippen molar-refractivity contribution >= 4 is 25.8 Å². The molecule has 1 radical (unpaired) electrons. The fourth-order valence-electron chi connectivity index (χ4n) is 2.99. The van der Waals surface area contributed by atoms with Gasteiger partial charge in [-0.2, -0.15) is 11.1 Å².